The highest BCUT2D eigenvalue weighted by molar-refractivity contribution is 9.10. The Labute approximate surface area is 78.3 Å². The Balaban J connectivity index is 3.28. The van der Waals surface area contributed by atoms with E-state index in [9.17, 15) is 9.50 Å². The van der Waals surface area contributed by atoms with Crippen molar-refractivity contribution in [3.05, 3.63) is 28.0 Å². The topological polar surface area (TPSA) is 46.2 Å². The molecule has 0 amide bonds. The van der Waals surface area contributed by atoms with Crippen molar-refractivity contribution < 1.29 is 9.50 Å². The highest BCUT2D eigenvalue weighted by Gasteiger charge is 2.10. The summed E-state index contributed by atoms with van der Waals surface area (Å²) < 4.78 is 13.1. The molecule has 0 radical (unpaired) electrons. The van der Waals surface area contributed by atoms with E-state index in [-0.39, 0.29) is 11.8 Å². The number of nitrogens with two attached hydrogens (primary N) is 1. The van der Waals surface area contributed by atoms with Crippen molar-refractivity contribution in [2.45, 2.75) is 13.0 Å². The molecule has 0 heterocycles. The molecule has 1 atom stereocenters. The van der Waals surface area contributed by atoms with Crippen LogP contribution in [0.25, 0.3) is 0 Å². The van der Waals surface area contributed by atoms with Gasteiger partial charge in [-0.1, -0.05) is 0 Å². The van der Waals surface area contributed by atoms with Gasteiger partial charge in [0.25, 0.3) is 0 Å². The van der Waals surface area contributed by atoms with Crippen LogP contribution < -0.4 is 5.73 Å². The molecular formula is C8H9BrFNO. The minimum atomic E-state index is -0.410. The summed E-state index contributed by atoms with van der Waals surface area (Å²) in [6, 6.07) is 2.04. The summed E-state index contributed by atoms with van der Waals surface area (Å²) in [5, 5.41) is 9.40. The minimum absolute atomic E-state index is 0.00593. The van der Waals surface area contributed by atoms with Crippen molar-refractivity contribution >= 4 is 15.9 Å². The van der Waals surface area contributed by atoms with Gasteiger partial charge in [-0.15, -0.1) is 0 Å². The van der Waals surface area contributed by atoms with Crippen LogP contribution in [0.15, 0.2) is 16.6 Å². The van der Waals surface area contributed by atoms with Gasteiger partial charge in [-0.3, -0.25) is 0 Å². The third kappa shape index (κ3) is 1.76. The Hall–Kier alpha value is -0.610. The van der Waals surface area contributed by atoms with Crippen LogP contribution in [0.5, 0.6) is 5.75 Å². The summed E-state index contributed by atoms with van der Waals surface area (Å²) in [6.45, 7) is 1.68. The summed E-state index contributed by atoms with van der Waals surface area (Å²) in [4.78, 5) is 0. The summed E-state index contributed by atoms with van der Waals surface area (Å²) in [7, 11) is 0. The van der Waals surface area contributed by atoms with Gasteiger partial charge in [-0.25, -0.2) is 4.39 Å². The predicted octanol–water partition coefficient (Wildman–Crippen LogP) is 2.31. The fourth-order valence-corrected chi connectivity index (χ4v) is 1.38. The number of hydrogen-bond donors (Lipinski definition) is 2. The molecule has 0 bridgehead atoms. The number of phenols is 1. The number of phenolic OH excluding ortho intramolecular Hbond substituents is 1. The van der Waals surface area contributed by atoms with E-state index in [1.54, 1.807) is 6.92 Å². The van der Waals surface area contributed by atoms with E-state index in [0.717, 1.165) is 0 Å². The fourth-order valence-electron chi connectivity index (χ4n) is 0.933. The molecule has 0 spiro atoms. The molecule has 1 aromatic rings. The van der Waals surface area contributed by atoms with Crippen molar-refractivity contribution in [1.82, 2.24) is 0 Å². The van der Waals surface area contributed by atoms with Gasteiger partial charge >= 0.3 is 0 Å². The number of halogens is 2. The first-order valence-electron chi connectivity index (χ1n) is 3.46. The number of benzene rings is 1. The van der Waals surface area contributed by atoms with E-state index in [1.165, 1.54) is 12.1 Å². The maximum atomic E-state index is 12.8. The molecule has 1 rings (SSSR count). The van der Waals surface area contributed by atoms with Crippen molar-refractivity contribution in [3.8, 4) is 5.75 Å². The average Bonchev–Trinajstić information content (AvgIpc) is 1.96. The quantitative estimate of drug-likeness (QED) is 0.783. The van der Waals surface area contributed by atoms with Gasteiger partial charge in [0.05, 0.1) is 4.47 Å². The Morgan fingerprint density at radius 2 is 2.17 bits per heavy atom. The van der Waals surface area contributed by atoms with Crippen LogP contribution in [0, 0.1) is 5.82 Å². The Bertz CT molecular complexity index is 301. The second-order valence-corrected chi connectivity index (χ2v) is 3.47. The molecule has 4 heteroatoms. The molecule has 1 aromatic carbocycles. The Morgan fingerprint density at radius 3 is 2.67 bits per heavy atom. The Morgan fingerprint density at radius 1 is 1.58 bits per heavy atom. The second kappa shape index (κ2) is 3.41. The lowest BCUT2D eigenvalue weighted by molar-refractivity contribution is 0.457. The van der Waals surface area contributed by atoms with Crippen LogP contribution in [0.3, 0.4) is 0 Å². The van der Waals surface area contributed by atoms with Crippen molar-refractivity contribution in [1.29, 1.82) is 0 Å². The first-order valence-corrected chi connectivity index (χ1v) is 4.25. The average molecular weight is 234 g/mol. The maximum Gasteiger partial charge on any atom is 0.134 e. The third-order valence-corrected chi connectivity index (χ3v) is 2.15. The van der Waals surface area contributed by atoms with Crippen LogP contribution in [-0.4, -0.2) is 5.11 Å². The summed E-state index contributed by atoms with van der Waals surface area (Å²) in [6.07, 6.45) is 0. The largest absolute Gasteiger partial charge is 0.506 e. The molecule has 0 unspecified atom stereocenters. The predicted molar refractivity (Wildman–Crippen MR) is 48.4 cm³/mol. The lowest BCUT2D eigenvalue weighted by atomic mass is 10.1. The summed E-state index contributed by atoms with van der Waals surface area (Å²) >= 11 is 3.02. The molecule has 0 aliphatic heterocycles. The first kappa shape index (κ1) is 9.48. The summed E-state index contributed by atoms with van der Waals surface area (Å²) in [5.74, 6) is -0.404. The van der Waals surface area contributed by atoms with Crippen LogP contribution >= 0.6 is 15.9 Å². The minimum Gasteiger partial charge on any atom is -0.506 e. The molecule has 0 fully saturated rings. The van der Waals surface area contributed by atoms with Crippen molar-refractivity contribution in [3.63, 3.8) is 0 Å². The van der Waals surface area contributed by atoms with Crippen LogP contribution in [0.4, 0.5) is 4.39 Å². The molecule has 3 N–H and O–H groups in total. The van der Waals surface area contributed by atoms with E-state index < -0.39 is 5.82 Å². The third-order valence-electron chi connectivity index (χ3n) is 1.55. The molecule has 0 aliphatic rings. The zero-order chi connectivity index (χ0) is 9.30. The SMILES string of the molecule is C[C@@H](N)c1cc(F)cc(Br)c1O. The molecule has 0 saturated carbocycles. The van der Waals surface area contributed by atoms with Gasteiger partial charge in [-0.2, -0.15) is 0 Å². The van der Waals surface area contributed by atoms with Gasteiger partial charge in [0.1, 0.15) is 11.6 Å². The van der Waals surface area contributed by atoms with Gasteiger partial charge in [-0.05, 0) is 35.0 Å². The Kier molecular flexibility index (Phi) is 2.69. The summed E-state index contributed by atoms with van der Waals surface area (Å²) in [5.41, 5.74) is 5.91. The van der Waals surface area contributed by atoms with Crippen LogP contribution in [0.1, 0.15) is 18.5 Å². The van der Waals surface area contributed by atoms with Gasteiger partial charge < -0.3 is 10.8 Å². The molecule has 66 valence electrons. The molecule has 2 nitrogen and oxygen atoms in total. The molecule has 0 saturated heterocycles. The lowest BCUT2D eigenvalue weighted by Gasteiger charge is -2.09. The van der Waals surface area contributed by atoms with E-state index in [4.69, 9.17) is 5.73 Å². The van der Waals surface area contributed by atoms with E-state index >= 15 is 0 Å². The molecular weight excluding hydrogens is 225 g/mol. The fraction of sp³-hybridized carbons (Fsp3) is 0.250. The zero-order valence-corrected chi connectivity index (χ0v) is 8.10. The number of aromatic hydroxyl groups is 1. The molecule has 0 aliphatic carbocycles. The standard InChI is InChI=1S/C8H9BrFNO/c1-4(11)6-2-5(10)3-7(9)8(6)12/h2-4,12H,11H2,1H3/t4-/m1/s1. The molecule has 0 aromatic heterocycles. The maximum absolute atomic E-state index is 12.8. The number of hydrogen-bond acceptors (Lipinski definition) is 2. The van der Waals surface area contributed by atoms with Crippen molar-refractivity contribution in [2.24, 2.45) is 5.73 Å². The lowest BCUT2D eigenvalue weighted by Crippen LogP contribution is -2.05. The zero-order valence-electron chi connectivity index (χ0n) is 6.51. The first-order chi connectivity index (χ1) is 5.52. The highest BCUT2D eigenvalue weighted by atomic mass is 79.9. The number of rotatable bonds is 1. The van der Waals surface area contributed by atoms with E-state index in [0.29, 0.717) is 10.0 Å². The van der Waals surface area contributed by atoms with Crippen LogP contribution in [0.2, 0.25) is 0 Å². The van der Waals surface area contributed by atoms with Gasteiger partial charge in [0, 0.05) is 11.6 Å². The highest BCUT2D eigenvalue weighted by Crippen LogP contribution is 2.31. The smallest absolute Gasteiger partial charge is 0.134 e. The van der Waals surface area contributed by atoms with Gasteiger partial charge in [0.2, 0.25) is 0 Å². The normalized spacial score (nSPS) is 13.0. The molecule has 12 heavy (non-hydrogen) atoms. The van der Waals surface area contributed by atoms with E-state index in [1.807, 2.05) is 0 Å². The van der Waals surface area contributed by atoms with Crippen LogP contribution in [-0.2, 0) is 0 Å². The van der Waals surface area contributed by atoms with Gasteiger partial charge in [0.15, 0.2) is 0 Å². The second-order valence-electron chi connectivity index (χ2n) is 2.61. The van der Waals surface area contributed by atoms with E-state index in [2.05, 4.69) is 15.9 Å². The van der Waals surface area contributed by atoms with Crippen molar-refractivity contribution in [2.75, 3.05) is 0 Å². The monoisotopic (exact) mass is 233 g/mol.